The van der Waals surface area contributed by atoms with Crippen molar-refractivity contribution in [3.8, 4) is 11.5 Å². The van der Waals surface area contributed by atoms with E-state index in [-0.39, 0.29) is 17.9 Å². The maximum Gasteiger partial charge on any atom is 0.257 e. The number of para-hydroxylation sites is 2. The van der Waals surface area contributed by atoms with Crippen molar-refractivity contribution in [2.45, 2.75) is 38.0 Å². The van der Waals surface area contributed by atoms with Gasteiger partial charge in [-0.05, 0) is 37.5 Å². The summed E-state index contributed by atoms with van der Waals surface area (Å²) in [6.07, 6.45) is 4.66. The SMILES string of the molecule is CCOc1ccccc1OCC(=O)NCC1(c2ccccc2)CCCC1. The zero-order valence-electron chi connectivity index (χ0n) is 15.4. The quantitative estimate of drug-likeness (QED) is 0.777. The minimum Gasteiger partial charge on any atom is -0.490 e. The molecular formula is C22H27NO3. The summed E-state index contributed by atoms with van der Waals surface area (Å²) in [5.41, 5.74) is 1.38. The molecule has 0 saturated heterocycles. The second-order valence-corrected chi connectivity index (χ2v) is 6.80. The Balaban J connectivity index is 1.57. The molecule has 1 aliphatic rings. The third kappa shape index (κ3) is 4.37. The van der Waals surface area contributed by atoms with Crippen molar-refractivity contribution in [3.05, 3.63) is 60.2 Å². The summed E-state index contributed by atoms with van der Waals surface area (Å²) in [6.45, 7) is 3.14. The van der Waals surface area contributed by atoms with Crippen LogP contribution in [-0.2, 0) is 10.2 Å². The molecule has 1 amide bonds. The Bertz CT molecular complexity index is 708. The second kappa shape index (κ2) is 8.75. The third-order valence-corrected chi connectivity index (χ3v) is 5.08. The third-order valence-electron chi connectivity index (χ3n) is 5.08. The monoisotopic (exact) mass is 353 g/mol. The van der Waals surface area contributed by atoms with Gasteiger partial charge in [0, 0.05) is 12.0 Å². The van der Waals surface area contributed by atoms with Crippen molar-refractivity contribution in [2.75, 3.05) is 19.8 Å². The van der Waals surface area contributed by atoms with Crippen molar-refractivity contribution in [3.63, 3.8) is 0 Å². The highest BCUT2D eigenvalue weighted by molar-refractivity contribution is 5.77. The van der Waals surface area contributed by atoms with Crippen LogP contribution in [0.25, 0.3) is 0 Å². The van der Waals surface area contributed by atoms with Crippen molar-refractivity contribution in [1.82, 2.24) is 5.32 Å². The van der Waals surface area contributed by atoms with Crippen LogP contribution in [0, 0.1) is 0 Å². The fourth-order valence-corrected chi connectivity index (χ4v) is 3.72. The lowest BCUT2D eigenvalue weighted by Gasteiger charge is -2.30. The van der Waals surface area contributed by atoms with Gasteiger partial charge in [-0.2, -0.15) is 0 Å². The fourth-order valence-electron chi connectivity index (χ4n) is 3.72. The first kappa shape index (κ1) is 18.3. The molecule has 3 rings (SSSR count). The van der Waals surface area contributed by atoms with Crippen LogP contribution < -0.4 is 14.8 Å². The smallest absolute Gasteiger partial charge is 0.257 e. The van der Waals surface area contributed by atoms with E-state index in [0.29, 0.717) is 24.7 Å². The lowest BCUT2D eigenvalue weighted by Crippen LogP contribution is -2.40. The first-order chi connectivity index (χ1) is 12.7. The molecule has 1 fully saturated rings. The van der Waals surface area contributed by atoms with Crippen LogP contribution in [-0.4, -0.2) is 25.7 Å². The molecular weight excluding hydrogens is 326 g/mol. The summed E-state index contributed by atoms with van der Waals surface area (Å²) >= 11 is 0. The number of hydrogen-bond donors (Lipinski definition) is 1. The summed E-state index contributed by atoms with van der Waals surface area (Å²) in [6, 6.07) is 18.0. The number of amides is 1. The van der Waals surface area contributed by atoms with Gasteiger partial charge < -0.3 is 14.8 Å². The van der Waals surface area contributed by atoms with Crippen LogP contribution in [0.4, 0.5) is 0 Å². The van der Waals surface area contributed by atoms with Crippen molar-refractivity contribution < 1.29 is 14.3 Å². The molecule has 1 aliphatic carbocycles. The zero-order chi connectivity index (χ0) is 18.2. The normalized spacial score (nSPS) is 15.4. The molecule has 138 valence electrons. The summed E-state index contributed by atoms with van der Waals surface area (Å²) in [7, 11) is 0. The molecule has 0 unspecified atom stereocenters. The van der Waals surface area contributed by atoms with Gasteiger partial charge in [0.15, 0.2) is 18.1 Å². The molecule has 2 aromatic rings. The van der Waals surface area contributed by atoms with Gasteiger partial charge in [0.05, 0.1) is 6.61 Å². The van der Waals surface area contributed by atoms with Gasteiger partial charge in [0.25, 0.3) is 5.91 Å². The molecule has 0 spiro atoms. The van der Waals surface area contributed by atoms with E-state index in [4.69, 9.17) is 9.47 Å². The number of benzene rings is 2. The molecule has 1 saturated carbocycles. The lowest BCUT2D eigenvalue weighted by atomic mass is 9.79. The number of nitrogens with one attached hydrogen (secondary N) is 1. The summed E-state index contributed by atoms with van der Waals surface area (Å²) in [4.78, 5) is 12.3. The summed E-state index contributed by atoms with van der Waals surface area (Å²) in [5.74, 6) is 1.17. The predicted molar refractivity (Wildman–Crippen MR) is 103 cm³/mol. The van der Waals surface area contributed by atoms with E-state index < -0.39 is 0 Å². The minimum absolute atomic E-state index is 0.00500. The fraction of sp³-hybridized carbons (Fsp3) is 0.409. The first-order valence-corrected chi connectivity index (χ1v) is 9.40. The first-order valence-electron chi connectivity index (χ1n) is 9.40. The molecule has 0 heterocycles. The average molecular weight is 353 g/mol. The Labute approximate surface area is 155 Å². The van der Waals surface area contributed by atoms with Crippen LogP contribution in [0.5, 0.6) is 11.5 Å². The molecule has 4 nitrogen and oxygen atoms in total. The van der Waals surface area contributed by atoms with Gasteiger partial charge in [-0.25, -0.2) is 0 Å². The van der Waals surface area contributed by atoms with E-state index in [1.54, 1.807) is 0 Å². The number of carbonyl (C=O) groups excluding carboxylic acids is 1. The van der Waals surface area contributed by atoms with Gasteiger partial charge in [-0.1, -0.05) is 55.3 Å². The Kier molecular flexibility index (Phi) is 6.16. The highest BCUT2D eigenvalue weighted by Crippen LogP contribution is 2.40. The lowest BCUT2D eigenvalue weighted by molar-refractivity contribution is -0.123. The van der Waals surface area contributed by atoms with Gasteiger partial charge >= 0.3 is 0 Å². The van der Waals surface area contributed by atoms with E-state index in [9.17, 15) is 4.79 Å². The van der Waals surface area contributed by atoms with Gasteiger partial charge in [-0.15, -0.1) is 0 Å². The number of rotatable bonds is 8. The molecule has 2 aromatic carbocycles. The minimum atomic E-state index is -0.0986. The number of carbonyl (C=O) groups is 1. The van der Waals surface area contributed by atoms with Gasteiger partial charge in [0.2, 0.25) is 0 Å². The zero-order valence-corrected chi connectivity index (χ0v) is 15.4. The molecule has 4 heteroatoms. The average Bonchev–Trinajstić information content (AvgIpc) is 3.17. The van der Waals surface area contributed by atoms with E-state index in [1.165, 1.54) is 18.4 Å². The Morgan fingerprint density at radius 2 is 1.58 bits per heavy atom. The number of ether oxygens (including phenoxy) is 2. The van der Waals surface area contributed by atoms with Crippen LogP contribution in [0.15, 0.2) is 54.6 Å². The summed E-state index contributed by atoms with van der Waals surface area (Å²) in [5, 5.41) is 3.08. The highest BCUT2D eigenvalue weighted by atomic mass is 16.5. The second-order valence-electron chi connectivity index (χ2n) is 6.80. The van der Waals surface area contributed by atoms with Crippen molar-refractivity contribution in [1.29, 1.82) is 0 Å². The highest BCUT2D eigenvalue weighted by Gasteiger charge is 2.35. The van der Waals surface area contributed by atoms with Crippen molar-refractivity contribution in [2.24, 2.45) is 0 Å². The molecule has 1 N–H and O–H groups in total. The van der Waals surface area contributed by atoms with E-state index in [0.717, 1.165) is 12.8 Å². The van der Waals surface area contributed by atoms with E-state index >= 15 is 0 Å². The predicted octanol–water partition coefficient (Wildman–Crippen LogP) is 4.09. The number of hydrogen-bond acceptors (Lipinski definition) is 3. The van der Waals surface area contributed by atoms with Crippen LogP contribution >= 0.6 is 0 Å². The van der Waals surface area contributed by atoms with Crippen LogP contribution in [0.3, 0.4) is 0 Å². The van der Waals surface area contributed by atoms with E-state index in [1.807, 2.05) is 37.3 Å². The molecule has 0 bridgehead atoms. The van der Waals surface area contributed by atoms with Gasteiger partial charge in [-0.3, -0.25) is 4.79 Å². The molecule has 0 aliphatic heterocycles. The van der Waals surface area contributed by atoms with Gasteiger partial charge in [0.1, 0.15) is 0 Å². The largest absolute Gasteiger partial charge is 0.490 e. The van der Waals surface area contributed by atoms with Crippen LogP contribution in [0.2, 0.25) is 0 Å². The maximum absolute atomic E-state index is 12.3. The Hall–Kier alpha value is -2.49. The van der Waals surface area contributed by atoms with Crippen LogP contribution in [0.1, 0.15) is 38.2 Å². The van der Waals surface area contributed by atoms with Crippen molar-refractivity contribution >= 4 is 5.91 Å². The Morgan fingerprint density at radius 1 is 0.962 bits per heavy atom. The van der Waals surface area contributed by atoms with E-state index in [2.05, 4.69) is 29.6 Å². The summed E-state index contributed by atoms with van der Waals surface area (Å²) < 4.78 is 11.2. The standard InChI is InChI=1S/C22H27NO3/c1-2-25-19-12-6-7-13-20(19)26-16-21(24)23-17-22(14-8-9-15-22)18-10-4-3-5-11-18/h3-7,10-13H,2,8-9,14-17H2,1H3,(H,23,24). The molecule has 26 heavy (non-hydrogen) atoms. The molecule has 0 atom stereocenters. The maximum atomic E-state index is 12.3. The topological polar surface area (TPSA) is 47.6 Å². The molecule has 0 radical (unpaired) electrons. The molecule has 0 aromatic heterocycles. The Morgan fingerprint density at radius 3 is 2.23 bits per heavy atom.